The first kappa shape index (κ1) is 17.1. The summed E-state index contributed by atoms with van der Waals surface area (Å²) in [6, 6.07) is 2.95. The van der Waals surface area contributed by atoms with Crippen molar-refractivity contribution in [3.05, 3.63) is 34.1 Å². The van der Waals surface area contributed by atoms with Gasteiger partial charge in [0.1, 0.15) is 5.82 Å². The van der Waals surface area contributed by atoms with Crippen LogP contribution < -0.4 is 9.64 Å². The number of carbonyl (C=O) groups excluding carboxylic acids is 1. The minimum Gasteiger partial charge on any atom is -0.474 e. The molecule has 1 aromatic rings. The molecule has 0 spiro atoms. The zero-order chi connectivity index (χ0) is 17.0. The van der Waals surface area contributed by atoms with Crippen LogP contribution in [0.1, 0.15) is 13.8 Å². The summed E-state index contributed by atoms with van der Waals surface area (Å²) in [6.45, 7) is 7.63. The fraction of sp³-hybridized carbons (Fsp3) is 0.533. The molecule has 1 fully saturated rings. The normalized spacial score (nSPS) is 16.9. The monoisotopic (exact) mass is 326 g/mol. The van der Waals surface area contributed by atoms with Crippen LogP contribution in [0.5, 0.6) is 5.75 Å². The van der Waals surface area contributed by atoms with Crippen LogP contribution in [0.4, 0.5) is 10.1 Å². The lowest BCUT2D eigenvalue weighted by Crippen LogP contribution is -3.14. The van der Waals surface area contributed by atoms with Gasteiger partial charge in [-0.1, -0.05) is 0 Å². The fourth-order valence-electron chi connectivity index (χ4n) is 2.63. The van der Waals surface area contributed by atoms with E-state index in [1.807, 2.05) is 0 Å². The van der Waals surface area contributed by atoms with E-state index < -0.39 is 16.8 Å². The molecule has 1 aliphatic rings. The van der Waals surface area contributed by atoms with Crippen LogP contribution in [0.15, 0.2) is 18.2 Å². The number of piperazine rings is 1. The summed E-state index contributed by atoms with van der Waals surface area (Å²) in [6.07, 6.45) is -0.904. The number of benzene rings is 1. The van der Waals surface area contributed by atoms with Gasteiger partial charge in [-0.15, -0.1) is 0 Å². The summed E-state index contributed by atoms with van der Waals surface area (Å²) in [5.41, 5.74) is -0.355. The third-order valence-corrected chi connectivity index (χ3v) is 4.05. The maximum Gasteiger partial charge on any atom is 0.311 e. The van der Waals surface area contributed by atoms with Gasteiger partial charge in [0.2, 0.25) is 5.75 Å². The highest BCUT2D eigenvalue weighted by Gasteiger charge is 2.29. The molecule has 1 aromatic carbocycles. The number of nitro benzene ring substituents is 1. The van der Waals surface area contributed by atoms with Crippen LogP contribution in [0.3, 0.4) is 0 Å². The van der Waals surface area contributed by atoms with Crippen LogP contribution in [-0.4, -0.2) is 54.6 Å². The van der Waals surface area contributed by atoms with Crippen molar-refractivity contribution in [2.45, 2.75) is 20.0 Å². The lowest BCUT2D eigenvalue weighted by atomic mass is 10.2. The molecule has 1 saturated heterocycles. The number of quaternary nitrogens is 1. The molecule has 1 amide bonds. The maximum atomic E-state index is 13.3. The van der Waals surface area contributed by atoms with Crippen molar-refractivity contribution >= 4 is 11.6 Å². The number of hydrogen-bond acceptors (Lipinski definition) is 4. The third kappa shape index (κ3) is 4.16. The number of hydrogen-bond donors (Lipinski definition) is 1. The Morgan fingerprint density at radius 1 is 1.48 bits per heavy atom. The number of halogens is 1. The highest BCUT2D eigenvalue weighted by Crippen LogP contribution is 2.28. The number of amides is 1. The van der Waals surface area contributed by atoms with Gasteiger partial charge in [-0.2, -0.15) is 0 Å². The van der Waals surface area contributed by atoms with Gasteiger partial charge in [-0.05, 0) is 19.9 Å². The van der Waals surface area contributed by atoms with Crippen molar-refractivity contribution < 1.29 is 23.7 Å². The maximum absolute atomic E-state index is 13.3. The summed E-state index contributed by atoms with van der Waals surface area (Å²) >= 11 is 0. The van der Waals surface area contributed by atoms with Crippen LogP contribution in [0.2, 0.25) is 0 Å². The number of nitro groups is 1. The molecule has 23 heavy (non-hydrogen) atoms. The molecule has 1 aliphatic heterocycles. The Labute approximate surface area is 133 Å². The lowest BCUT2D eigenvalue weighted by molar-refractivity contribution is -0.902. The van der Waals surface area contributed by atoms with Crippen LogP contribution >= 0.6 is 0 Å². The summed E-state index contributed by atoms with van der Waals surface area (Å²) in [5, 5.41) is 11.0. The number of ether oxygens (including phenoxy) is 1. The second kappa shape index (κ2) is 7.36. The molecular weight excluding hydrogens is 305 g/mol. The number of rotatable bonds is 5. The van der Waals surface area contributed by atoms with Crippen molar-refractivity contribution in [3.8, 4) is 5.75 Å². The van der Waals surface area contributed by atoms with Crippen molar-refractivity contribution in [3.63, 3.8) is 0 Å². The van der Waals surface area contributed by atoms with Crippen LogP contribution in [-0.2, 0) is 4.79 Å². The van der Waals surface area contributed by atoms with E-state index in [0.29, 0.717) is 13.1 Å². The summed E-state index contributed by atoms with van der Waals surface area (Å²) in [4.78, 5) is 25.8. The molecule has 0 aromatic heterocycles. The predicted octanol–water partition coefficient (Wildman–Crippen LogP) is 0.248. The molecule has 1 heterocycles. The molecule has 0 unspecified atom stereocenters. The Hall–Kier alpha value is -2.22. The van der Waals surface area contributed by atoms with E-state index in [0.717, 1.165) is 37.8 Å². The number of nitrogens with one attached hydrogen (secondary N) is 1. The van der Waals surface area contributed by atoms with Crippen LogP contribution in [0, 0.1) is 15.9 Å². The molecule has 0 radical (unpaired) electrons. The predicted molar refractivity (Wildman–Crippen MR) is 81.0 cm³/mol. The van der Waals surface area contributed by atoms with E-state index in [1.54, 1.807) is 4.90 Å². The first-order valence-electron chi connectivity index (χ1n) is 7.65. The molecule has 0 saturated carbocycles. The zero-order valence-corrected chi connectivity index (χ0v) is 13.3. The van der Waals surface area contributed by atoms with E-state index in [-0.39, 0.29) is 17.3 Å². The van der Waals surface area contributed by atoms with Gasteiger partial charge in [0.25, 0.3) is 5.91 Å². The SMILES string of the molecule is CC[NH+]1CCN(C(=O)[C@H](C)Oc2cc(F)ccc2[N+](=O)[O-])CC1. The van der Waals surface area contributed by atoms with Gasteiger partial charge in [0.15, 0.2) is 6.10 Å². The average Bonchev–Trinajstić information content (AvgIpc) is 2.54. The fourth-order valence-corrected chi connectivity index (χ4v) is 2.63. The standard InChI is InChI=1S/C15H20FN3O4/c1-3-17-6-8-18(9-7-17)15(20)11(2)23-14-10-12(16)4-5-13(14)19(21)22/h4-5,10-11H,3,6-9H2,1-2H3/p+1/t11-/m0/s1. The van der Waals surface area contributed by atoms with Crippen LogP contribution in [0.25, 0.3) is 0 Å². The molecule has 7 nitrogen and oxygen atoms in total. The molecular formula is C15H21FN3O4+. The van der Waals surface area contributed by atoms with Crippen molar-refractivity contribution in [2.75, 3.05) is 32.7 Å². The Morgan fingerprint density at radius 3 is 2.70 bits per heavy atom. The Balaban J connectivity index is 2.04. The van der Waals surface area contributed by atoms with Gasteiger partial charge in [-0.25, -0.2) is 4.39 Å². The van der Waals surface area contributed by atoms with Crippen molar-refractivity contribution in [1.29, 1.82) is 0 Å². The lowest BCUT2D eigenvalue weighted by Gasteiger charge is -2.33. The largest absolute Gasteiger partial charge is 0.474 e. The van der Waals surface area contributed by atoms with E-state index in [4.69, 9.17) is 4.74 Å². The zero-order valence-electron chi connectivity index (χ0n) is 13.3. The average molecular weight is 326 g/mol. The minimum absolute atomic E-state index is 0.228. The second-order valence-corrected chi connectivity index (χ2v) is 5.56. The minimum atomic E-state index is -0.904. The quantitative estimate of drug-likeness (QED) is 0.621. The van der Waals surface area contributed by atoms with E-state index in [1.165, 1.54) is 11.8 Å². The Bertz CT molecular complexity index is 588. The number of likely N-dealkylation sites (N-methyl/N-ethyl adjacent to an activating group) is 1. The van der Waals surface area contributed by atoms with Crippen molar-refractivity contribution in [2.24, 2.45) is 0 Å². The first-order valence-corrected chi connectivity index (χ1v) is 7.65. The molecule has 8 heteroatoms. The molecule has 0 aliphatic carbocycles. The molecule has 2 rings (SSSR count). The van der Waals surface area contributed by atoms with Gasteiger partial charge in [-0.3, -0.25) is 14.9 Å². The molecule has 1 N–H and O–H groups in total. The number of carbonyl (C=O) groups is 1. The van der Waals surface area contributed by atoms with Gasteiger partial charge >= 0.3 is 5.69 Å². The topological polar surface area (TPSA) is 77.1 Å². The van der Waals surface area contributed by atoms with E-state index in [2.05, 4.69) is 6.92 Å². The van der Waals surface area contributed by atoms with E-state index >= 15 is 0 Å². The first-order chi connectivity index (χ1) is 10.9. The van der Waals surface area contributed by atoms with E-state index in [9.17, 15) is 19.3 Å². The molecule has 126 valence electrons. The van der Waals surface area contributed by atoms with Gasteiger partial charge < -0.3 is 14.5 Å². The van der Waals surface area contributed by atoms with Gasteiger partial charge in [0.05, 0.1) is 37.6 Å². The molecule has 0 bridgehead atoms. The summed E-state index contributed by atoms with van der Waals surface area (Å²) < 4.78 is 18.7. The highest BCUT2D eigenvalue weighted by molar-refractivity contribution is 5.81. The Kier molecular flexibility index (Phi) is 5.49. The summed E-state index contributed by atoms with van der Waals surface area (Å²) in [5.74, 6) is -1.11. The second-order valence-electron chi connectivity index (χ2n) is 5.56. The summed E-state index contributed by atoms with van der Waals surface area (Å²) in [7, 11) is 0. The van der Waals surface area contributed by atoms with Gasteiger partial charge in [0, 0.05) is 12.1 Å². The van der Waals surface area contributed by atoms with Crippen molar-refractivity contribution in [1.82, 2.24) is 4.90 Å². The molecule has 1 atom stereocenters. The third-order valence-electron chi connectivity index (χ3n) is 4.05. The highest BCUT2D eigenvalue weighted by atomic mass is 19.1. The number of nitrogens with zero attached hydrogens (tertiary/aromatic N) is 2. The Morgan fingerprint density at radius 2 is 2.13 bits per heavy atom. The smallest absolute Gasteiger partial charge is 0.311 e.